The van der Waals surface area contributed by atoms with Crippen LogP contribution < -0.4 is 44.4 Å². The first kappa shape index (κ1) is 92.3. The molecule has 5 aromatic carbocycles. The lowest BCUT2D eigenvalue weighted by atomic mass is 9.69. The number of aliphatic carboxylic acids is 6. The van der Waals surface area contributed by atoms with Crippen LogP contribution in [0, 0.1) is 5.92 Å². The fourth-order valence-electron chi connectivity index (χ4n) is 16.0. The summed E-state index contributed by atoms with van der Waals surface area (Å²) in [5.41, 5.74) is 7.69. The first-order chi connectivity index (χ1) is 54.1. The summed E-state index contributed by atoms with van der Waals surface area (Å²) in [6, 6.07) is 24.2. The van der Waals surface area contributed by atoms with Crippen molar-refractivity contribution >= 4 is 81.1 Å². The van der Waals surface area contributed by atoms with Gasteiger partial charge >= 0.3 is 36.2 Å². The number of carboxylic acid groups (broad SMARTS) is 6. The Morgan fingerprint density at radius 2 is 0.750 bits per heavy atom. The summed E-state index contributed by atoms with van der Waals surface area (Å²) in [4.78, 5) is 106. The van der Waals surface area contributed by atoms with E-state index < -0.39 is 90.5 Å². The van der Waals surface area contributed by atoms with Gasteiger partial charge in [-0.25, -0.2) is 28.8 Å². The molecule has 10 N–H and O–H groups in total. The molecule has 0 aromatic heterocycles. The molecule has 12 atom stereocenters. The number of carbonyl (C=O) groups is 9. The number of aromatic hydroxyl groups is 1. The normalized spacial score (nSPS) is 23.4. The number of nitrogens with one attached hydrogen (secondary N) is 3. The van der Waals surface area contributed by atoms with Gasteiger partial charge in [0.15, 0.2) is 34.5 Å². The summed E-state index contributed by atoms with van der Waals surface area (Å²) < 4.78 is 52.9. The van der Waals surface area contributed by atoms with Crippen molar-refractivity contribution in [1.29, 1.82) is 0 Å². The summed E-state index contributed by atoms with van der Waals surface area (Å²) in [6.07, 6.45) is 11.8. The van der Waals surface area contributed by atoms with E-state index in [2.05, 4.69) is 88.2 Å². The molecule has 0 bridgehead atoms. The molecule has 9 aliphatic rings. The Morgan fingerprint density at radius 1 is 0.448 bits per heavy atom. The van der Waals surface area contributed by atoms with Gasteiger partial charge in [-0.1, -0.05) is 92.7 Å². The molecule has 0 unspecified atom stereocenters. The van der Waals surface area contributed by atoms with Crippen LogP contribution in [0.4, 0.5) is 14.4 Å². The van der Waals surface area contributed by atoms with E-state index in [4.69, 9.17) is 72.3 Å². The van der Waals surface area contributed by atoms with Crippen molar-refractivity contribution in [3.63, 3.8) is 0 Å². The minimum Gasteiger partial charge on any atom is -0.508 e. The number of carbonyl (C=O) groups excluding carboxylic acids is 3. The Morgan fingerprint density at radius 3 is 1.03 bits per heavy atom. The van der Waals surface area contributed by atoms with Crippen LogP contribution in [0.25, 0.3) is 0 Å². The van der Waals surface area contributed by atoms with Gasteiger partial charge in [0.1, 0.15) is 60.5 Å². The second kappa shape index (κ2) is 40.6. The number of ether oxygens (including phenoxy) is 9. The van der Waals surface area contributed by atoms with Crippen molar-refractivity contribution in [3.8, 4) is 40.2 Å². The number of alkyl carbamates (subject to hydrolysis) is 3. The predicted octanol–water partition coefficient (Wildman–Crippen LogP) is 9.46. The van der Waals surface area contributed by atoms with E-state index >= 15 is 0 Å². The third kappa shape index (κ3) is 22.2. The third-order valence-corrected chi connectivity index (χ3v) is 21.2. The lowest BCUT2D eigenvalue weighted by molar-refractivity contribution is -0.141. The van der Waals surface area contributed by atoms with E-state index in [0.717, 1.165) is 108 Å². The topological polar surface area (TPSA) is 424 Å². The molecular weight excluding hydrogens is 1550 g/mol. The maximum absolute atomic E-state index is 12.7. The summed E-state index contributed by atoms with van der Waals surface area (Å²) >= 11 is 0. The van der Waals surface area contributed by atoms with E-state index in [-0.39, 0.29) is 86.1 Å². The molecule has 0 radical (unpaired) electrons. The maximum Gasteiger partial charge on any atom is 0.408 e. The zero-order valence-corrected chi connectivity index (χ0v) is 68.6. The molecule has 33 heteroatoms. The average molecular weight is 1650 g/mol. The second-order valence-electron chi connectivity index (χ2n) is 29.8. The highest BCUT2D eigenvalue weighted by Crippen LogP contribution is 2.59. The minimum atomic E-state index is -1.17. The van der Waals surface area contributed by atoms with Gasteiger partial charge in [0.25, 0.3) is 17.9 Å². The Hall–Kier alpha value is -10.9. The van der Waals surface area contributed by atoms with Gasteiger partial charge in [-0.05, 0) is 142 Å². The highest BCUT2D eigenvalue weighted by molar-refractivity contribution is 7.59. The summed E-state index contributed by atoms with van der Waals surface area (Å²) in [5, 5.41) is 67.6. The number of amides is 3. The van der Waals surface area contributed by atoms with Gasteiger partial charge in [0.2, 0.25) is 0 Å². The molecule has 6 aliphatic heterocycles. The number of phenolic OH excluding ortho intramolecular Hbond substituents is 1. The molecule has 3 aliphatic carbocycles. The average Bonchev–Trinajstić information content (AvgIpc) is 1.57. The van der Waals surface area contributed by atoms with Gasteiger partial charge in [-0.3, -0.25) is 14.4 Å². The molecule has 3 amide bonds. The van der Waals surface area contributed by atoms with Crippen LogP contribution in [-0.4, -0.2) is 221 Å². The largest absolute Gasteiger partial charge is 0.508 e. The van der Waals surface area contributed by atoms with Crippen LogP contribution in [-0.2, 0) is 91.7 Å². The van der Waals surface area contributed by atoms with E-state index in [1.165, 1.54) is 39.9 Å². The van der Waals surface area contributed by atoms with Crippen molar-refractivity contribution in [1.82, 2.24) is 30.7 Å². The minimum absolute atomic E-state index is 0. The van der Waals surface area contributed by atoms with Crippen molar-refractivity contribution in [2.75, 3.05) is 62.1 Å². The second-order valence-corrected chi connectivity index (χ2v) is 29.8. The Bertz CT molecular complexity index is 4390. The Labute approximate surface area is 686 Å². The summed E-state index contributed by atoms with van der Waals surface area (Å²) in [5.74, 6) is -1.62. The summed E-state index contributed by atoms with van der Waals surface area (Å²) in [7, 11) is 11.2. The highest BCUT2D eigenvalue weighted by Gasteiger charge is 2.57. The van der Waals surface area contributed by atoms with Gasteiger partial charge < -0.3 is 109 Å². The number of benzene rings is 5. The van der Waals surface area contributed by atoms with Crippen LogP contribution >= 0.6 is 27.0 Å². The fourth-order valence-corrected chi connectivity index (χ4v) is 16.0. The number of nitrogens with zero attached hydrogens (tertiary/aromatic N) is 3. The number of hydrogen-bond donors (Lipinski definition) is 10. The van der Waals surface area contributed by atoms with Gasteiger partial charge in [-0.15, -0.1) is 0 Å². The monoisotopic (exact) mass is 1650 g/mol. The molecule has 630 valence electrons. The Balaban J connectivity index is 0.000000223. The SMILES string of the molecule is CC(=O)O.CC(=O)O.CC(=O)O.COc1ccc2c3c1O[C@H]1C[C@@H](OC(=O)N[C@@H](Cc4ccc(O)cc4)C(=O)O)C=C[C@@]31CCN(C)C2.COc1ccc2c3c1O[C@H]1C[C@@H](OC(=O)N[C@@H](Cc4ccccc4)C(=O)O)C=C[C@@]31CCN(C)C2.COc1ccc2c3c1O[C@H]1C[C@@H](OC(=O)N[C@H](C(=O)O)C(C)C)C=C[C@@]31CCN(C)C2.S.S. The molecule has 3 spiro atoms. The molecule has 0 fully saturated rings. The lowest BCUT2D eigenvalue weighted by Crippen LogP contribution is -2.47. The quantitative estimate of drug-likeness (QED) is 0.0306. The van der Waals surface area contributed by atoms with Crippen molar-refractivity contribution in [2.45, 2.75) is 177 Å². The van der Waals surface area contributed by atoms with Crippen LogP contribution in [0.1, 0.15) is 118 Å². The predicted molar refractivity (Wildman–Crippen MR) is 433 cm³/mol. The zero-order valence-electron chi connectivity index (χ0n) is 66.6. The molecule has 5 aromatic rings. The van der Waals surface area contributed by atoms with E-state index in [0.29, 0.717) is 42.1 Å². The molecule has 0 saturated heterocycles. The number of rotatable bonds is 17. The third-order valence-electron chi connectivity index (χ3n) is 21.2. The highest BCUT2D eigenvalue weighted by atomic mass is 32.1. The standard InChI is InChI=1S/C27H30N2O7.C27H30N2O6.C23H30N2O6.3C2H4O2.2H2S/c1-29-12-11-27-10-9-19(14-22(27)36-24-21(34-2)8-5-17(15-29)23(24)27)35-26(33)28-20(25(31)32)13-16-3-6-18(30)7-4-16;1-29-13-12-27-11-10-19(15-22(27)35-24-21(33-2)9-8-18(16-29)23(24)27)34-26(32)28-20(25(30)31)14-17-6-4-3-5-7-17;1-13(2)19(21(26)27)24-22(28)30-15-7-8-23-9-10-25(3)12-14-5-6-16(29-4)20(18(14)23)31-17(23)11-15;3*1-2(3)4;;/h3-10,19-20,22,30H,11-15H2,1-2H3,(H,28,33)(H,31,32);3-11,19-20,22H,12-16H2,1-2H3,(H,28,32)(H,30,31);5-8,13,15,17,19H,9-12H2,1-4H3,(H,24,28)(H,26,27);3*1H3,(H,3,4);2*1H2/t2*19-,20-,22-,27-;15-,17-,19-,23-;;;;;/m000...../s1. The van der Waals surface area contributed by atoms with Crippen LogP contribution in [0.2, 0.25) is 0 Å². The molecule has 14 rings (SSSR count). The lowest BCUT2D eigenvalue weighted by Gasteiger charge is -2.36. The number of phenols is 1. The molecule has 116 heavy (non-hydrogen) atoms. The first-order valence-corrected chi connectivity index (χ1v) is 37.4. The number of carboxylic acids is 6. The fraction of sp³-hybridized carbons (Fsp3) is 0.458. The maximum atomic E-state index is 12.7. The van der Waals surface area contributed by atoms with E-state index in [1.54, 1.807) is 47.3 Å². The van der Waals surface area contributed by atoms with Crippen LogP contribution in [0.5, 0.6) is 40.2 Å². The smallest absolute Gasteiger partial charge is 0.408 e. The van der Waals surface area contributed by atoms with E-state index in [9.17, 15) is 49.2 Å². The van der Waals surface area contributed by atoms with Crippen molar-refractivity contribution in [3.05, 3.63) is 172 Å². The first-order valence-electron chi connectivity index (χ1n) is 37.4. The summed E-state index contributed by atoms with van der Waals surface area (Å²) in [6.45, 7) is 11.9. The molecular formula is C83H106N6O25S2. The van der Waals surface area contributed by atoms with E-state index in [1.807, 2.05) is 66.8 Å². The van der Waals surface area contributed by atoms with Crippen molar-refractivity contribution in [2.24, 2.45) is 5.92 Å². The Kier molecular flexibility index (Phi) is 32.3. The van der Waals surface area contributed by atoms with Gasteiger partial charge in [-0.2, -0.15) is 27.0 Å². The van der Waals surface area contributed by atoms with Crippen LogP contribution in [0.15, 0.2) is 127 Å². The number of methoxy groups -OCH3 is 3. The molecule has 6 heterocycles. The van der Waals surface area contributed by atoms with Crippen molar-refractivity contribution < 1.29 is 122 Å². The molecule has 31 nitrogen and oxygen atoms in total. The van der Waals surface area contributed by atoms with Crippen LogP contribution in [0.3, 0.4) is 0 Å². The number of hydrogen-bond acceptors (Lipinski definition) is 22. The molecule has 0 saturated carbocycles. The van der Waals surface area contributed by atoms with Gasteiger partial charge in [0, 0.05) is 89.2 Å². The zero-order chi connectivity index (χ0) is 83.1. The van der Waals surface area contributed by atoms with Gasteiger partial charge in [0.05, 0.1) is 37.6 Å².